The van der Waals surface area contributed by atoms with Gasteiger partial charge in [-0.25, -0.2) is 13.4 Å². The molecular weight excluding hydrogens is 294 g/mol. The Bertz CT molecular complexity index is 605. The molecule has 1 aliphatic rings. The number of hydrogen-bond acceptors (Lipinski definition) is 6. The minimum Gasteiger partial charge on any atom is -0.364 e. The molecule has 1 atom stereocenters. The van der Waals surface area contributed by atoms with Gasteiger partial charge in [0.25, 0.3) is 0 Å². The van der Waals surface area contributed by atoms with E-state index in [2.05, 4.69) is 10.3 Å². The van der Waals surface area contributed by atoms with Gasteiger partial charge in [0.2, 0.25) is 5.82 Å². The summed E-state index contributed by atoms with van der Waals surface area (Å²) in [6.45, 7) is 0.327. The summed E-state index contributed by atoms with van der Waals surface area (Å²) in [5.41, 5.74) is -0.176. The molecule has 0 bridgehead atoms. The maximum Gasteiger partial charge on any atom is 0.311 e. The Morgan fingerprint density at radius 2 is 2.26 bits per heavy atom. The molecular formula is C10H12ClN3O4S. The van der Waals surface area contributed by atoms with Crippen LogP contribution in [0.4, 0.5) is 11.5 Å². The third-order valence-electron chi connectivity index (χ3n) is 2.92. The topological polar surface area (TPSA) is 102 Å². The van der Waals surface area contributed by atoms with Crippen LogP contribution in [-0.4, -0.2) is 36.4 Å². The molecule has 0 saturated carbocycles. The van der Waals surface area contributed by atoms with E-state index in [0.29, 0.717) is 13.0 Å². The number of rotatable bonds is 4. The van der Waals surface area contributed by atoms with Crippen molar-refractivity contribution in [2.24, 2.45) is 5.92 Å². The highest BCUT2D eigenvalue weighted by Crippen LogP contribution is 2.25. The first-order valence-electron chi connectivity index (χ1n) is 5.62. The first kappa shape index (κ1) is 14.0. The number of nitrogens with one attached hydrogen (secondary N) is 1. The molecule has 2 rings (SSSR count). The second-order valence-corrected chi connectivity index (χ2v) is 7.02. The van der Waals surface area contributed by atoms with Crippen LogP contribution in [0.25, 0.3) is 0 Å². The van der Waals surface area contributed by atoms with Crippen molar-refractivity contribution in [2.75, 3.05) is 23.4 Å². The molecule has 1 unspecified atom stereocenters. The fraction of sp³-hybridized carbons (Fsp3) is 0.500. The van der Waals surface area contributed by atoms with Crippen molar-refractivity contribution >= 4 is 32.9 Å². The number of nitro groups is 1. The van der Waals surface area contributed by atoms with Crippen molar-refractivity contribution in [1.82, 2.24) is 4.98 Å². The van der Waals surface area contributed by atoms with Gasteiger partial charge in [-0.3, -0.25) is 10.1 Å². The average molecular weight is 306 g/mol. The lowest BCUT2D eigenvalue weighted by molar-refractivity contribution is -0.384. The van der Waals surface area contributed by atoms with Gasteiger partial charge in [0.05, 0.1) is 16.4 Å². The number of hydrogen-bond donors (Lipinski definition) is 1. The van der Waals surface area contributed by atoms with Gasteiger partial charge < -0.3 is 5.32 Å². The average Bonchev–Trinajstić information content (AvgIpc) is 2.66. The molecule has 1 aromatic heterocycles. The molecule has 1 N–H and O–H groups in total. The highest BCUT2D eigenvalue weighted by Gasteiger charge is 2.28. The molecule has 0 radical (unpaired) electrons. The molecule has 1 saturated heterocycles. The monoisotopic (exact) mass is 305 g/mol. The summed E-state index contributed by atoms with van der Waals surface area (Å²) >= 11 is 5.69. The zero-order valence-corrected chi connectivity index (χ0v) is 11.4. The third kappa shape index (κ3) is 3.54. The largest absolute Gasteiger partial charge is 0.364 e. The molecule has 0 spiro atoms. The number of pyridine rings is 1. The van der Waals surface area contributed by atoms with Crippen LogP contribution in [-0.2, 0) is 9.84 Å². The van der Waals surface area contributed by atoms with E-state index in [9.17, 15) is 18.5 Å². The molecule has 19 heavy (non-hydrogen) atoms. The van der Waals surface area contributed by atoms with Gasteiger partial charge in [0.15, 0.2) is 9.84 Å². The van der Waals surface area contributed by atoms with Crippen LogP contribution < -0.4 is 5.32 Å². The van der Waals surface area contributed by atoms with E-state index in [-0.39, 0.29) is 34.1 Å². The van der Waals surface area contributed by atoms with Gasteiger partial charge in [-0.05, 0) is 18.4 Å². The van der Waals surface area contributed by atoms with Crippen LogP contribution in [0.1, 0.15) is 6.42 Å². The van der Waals surface area contributed by atoms with E-state index >= 15 is 0 Å². The minimum atomic E-state index is -2.95. The van der Waals surface area contributed by atoms with Crippen LogP contribution >= 0.6 is 11.6 Å². The number of nitrogens with zero attached hydrogens (tertiary/aromatic N) is 2. The van der Waals surface area contributed by atoms with Crippen molar-refractivity contribution in [3.8, 4) is 0 Å². The molecule has 0 aliphatic carbocycles. The molecule has 1 aromatic rings. The summed E-state index contributed by atoms with van der Waals surface area (Å²) in [4.78, 5) is 14.1. The molecule has 2 heterocycles. The van der Waals surface area contributed by atoms with E-state index in [1.807, 2.05) is 0 Å². The fourth-order valence-corrected chi connectivity index (χ4v) is 3.99. The van der Waals surface area contributed by atoms with E-state index < -0.39 is 14.8 Å². The number of anilines is 1. The van der Waals surface area contributed by atoms with E-state index in [0.717, 1.165) is 0 Å². The SMILES string of the molecule is O=[N+]([O-])c1ccc(Cl)nc1NCC1CCS(=O)(=O)C1. The summed E-state index contributed by atoms with van der Waals surface area (Å²) in [7, 11) is -2.95. The van der Waals surface area contributed by atoms with Gasteiger partial charge in [0.1, 0.15) is 5.15 Å². The lowest BCUT2D eigenvalue weighted by Gasteiger charge is -2.10. The third-order valence-corrected chi connectivity index (χ3v) is 4.97. The lowest BCUT2D eigenvalue weighted by Crippen LogP contribution is -2.17. The molecule has 1 aliphatic heterocycles. The van der Waals surface area contributed by atoms with Crippen LogP contribution in [0.15, 0.2) is 12.1 Å². The summed E-state index contributed by atoms with van der Waals surface area (Å²) < 4.78 is 22.6. The molecule has 0 aromatic carbocycles. The second-order valence-electron chi connectivity index (χ2n) is 4.41. The summed E-state index contributed by atoms with van der Waals surface area (Å²) in [6, 6.07) is 2.61. The van der Waals surface area contributed by atoms with Crippen molar-refractivity contribution in [1.29, 1.82) is 0 Å². The lowest BCUT2D eigenvalue weighted by atomic mass is 10.1. The van der Waals surface area contributed by atoms with Crippen molar-refractivity contribution in [3.05, 3.63) is 27.4 Å². The summed E-state index contributed by atoms with van der Waals surface area (Å²) in [5, 5.41) is 13.8. The Hall–Kier alpha value is -1.41. The standard InChI is InChI=1S/C10H12ClN3O4S/c11-9-2-1-8(14(15)16)10(13-9)12-5-7-3-4-19(17,18)6-7/h1-2,7H,3-6H2,(H,12,13). The summed E-state index contributed by atoms with van der Waals surface area (Å²) in [5.74, 6) is 0.297. The van der Waals surface area contributed by atoms with Crippen LogP contribution in [0.2, 0.25) is 5.15 Å². The zero-order valence-electron chi connectivity index (χ0n) is 9.87. The first-order valence-corrected chi connectivity index (χ1v) is 7.82. The van der Waals surface area contributed by atoms with Gasteiger partial charge in [-0.2, -0.15) is 0 Å². The number of aromatic nitrogens is 1. The first-order chi connectivity index (χ1) is 8.87. The molecule has 104 valence electrons. The number of halogens is 1. The molecule has 1 fully saturated rings. The van der Waals surface area contributed by atoms with Crippen molar-refractivity contribution < 1.29 is 13.3 Å². The zero-order chi connectivity index (χ0) is 14.0. The normalized spacial score (nSPS) is 21.2. The van der Waals surface area contributed by atoms with E-state index in [4.69, 9.17) is 11.6 Å². The minimum absolute atomic E-state index is 0.0506. The maximum absolute atomic E-state index is 11.3. The fourth-order valence-electron chi connectivity index (χ4n) is 1.98. The maximum atomic E-state index is 11.3. The van der Waals surface area contributed by atoms with Crippen LogP contribution in [0.3, 0.4) is 0 Å². The van der Waals surface area contributed by atoms with E-state index in [1.54, 1.807) is 0 Å². The Morgan fingerprint density at radius 3 is 2.84 bits per heavy atom. The highest BCUT2D eigenvalue weighted by molar-refractivity contribution is 7.91. The summed E-state index contributed by atoms with van der Waals surface area (Å²) in [6.07, 6.45) is 0.559. The number of sulfone groups is 1. The van der Waals surface area contributed by atoms with E-state index in [1.165, 1.54) is 12.1 Å². The highest BCUT2D eigenvalue weighted by atomic mass is 35.5. The van der Waals surface area contributed by atoms with Crippen molar-refractivity contribution in [3.63, 3.8) is 0 Å². The van der Waals surface area contributed by atoms with Crippen LogP contribution in [0.5, 0.6) is 0 Å². The van der Waals surface area contributed by atoms with Crippen molar-refractivity contribution in [2.45, 2.75) is 6.42 Å². The Labute approximate surface area is 115 Å². The van der Waals surface area contributed by atoms with Gasteiger partial charge in [-0.15, -0.1) is 0 Å². The van der Waals surface area contributed by atoms with Gasteiger partial charge in [-0.1, -0.05) is 11.6 Å². The Morgan fingerprint density at radius 1 is 1.53 bits per heavy atom. The molecule has 9 heteroatoms. The predicted molar refractivity (Wildman–Crippen MR) is 71.2 cm³/mol. The Balaban J connectivity index is 2.07. The second kappa shape index (κ2) is 5.30. The smallest absolute Gasteiger partial charge is 0.311 e. The quantitative estimate of drug-likeness (QED) is 0.513. The molecule has 0 amide bonds. The van der Waals surface area contributed by atoms with Gasteiger partial charge in [0, 0.05) is 12.6 Å². The Kier molecular flexibility index (Phi) is 3.91. The van der Waals surface area contributed by atoms with Gasteiger partial charge >= 0.3 is 5.69 Å². The van der Waals surface area contributed by atoms with Crippen LogP contribution in [0, 0.1) is 16.0 Å². The predicted octanol–water partition coefficient (Wildman–Crippen LogP) is 1.49. The molecule has 7 nitrogen and oxygen atoms in total.